The lowest BCUT2D eigenvalue weighted by molar-refractivity contribution is -0.115. The first-order valence-electron chi connectivity index (χ1n) is 10.3. The van der Waals surface area contributed by atoms with Crippen LogP contribution in [0.25, 0.3) is 11.1 Å². The number of anilines is 1. The second-order valence-electron chi connectivity index (χ2n) is 7.44. The molecule has 0 saturated carbocycles. The van der Waals surface area contributed by atoms with Gasteiger partial charge in [-0.2, -0.15) is 0 Å². The van der Waals surface area contributed by atoms with Gasteiger partial charge in [0.05, 0.1) is 10.9 Å². The molecular formula is C26H25N3OS. The maximum atomic E-state index is 12.9. The molecule has 4 rings (SSSR count). The lowest BCUT2D eigenvalue weighted by Crippen LogP contribution is -2.22. The van der Waals surface area contributed by atoms with Gasteiger partial charge >= 0.3 is 0 Å². The van der Waals surface area contributed by atoms with E-state index in [-0.39, 0.29) is 11.2 Å². The zero-order chi connectivity index (χ0) is 21.6. The molecule has 0 aliphatic heterocycles. The standard InChI is InChI=1S/C26H25N3OS/c1-18-24(17-20-11-5-3-6-12-20)29-26(27-18)31-19(2)25(30)28-23-16-10-9-15-22(23)21-13-7-4-8-14-21/h3-16,19H,17H2,1-2H3,(H,27,29)(H,28,30)/t19-/m0/s1. The van der Waals surface area contributed by atoms with Crippen molar-refractivity contribution in [1.29, 1.82) is 0 Å². The first-order chi connectivity index (χ1) is 15.1. The van der Waals surface area contributed by atoms with E-state index in [0.29, 0.717) is 0 Å². The molecule has 0 aliphatic carbocycles. The van der Waals surface area contributed by atoms with Gasteiger partial charge in [0.15, 0.2) is 5.16 Å². The zero-order valence-corrected chi connectivity index (χ0v) is 18.4. The monoisotopic (exact) mass is 427 g/mol. The second-order valence-corrected chi connectivity index (χ2v) is 8.77. The molecule has 5 heteroatoms. The number of carbonyl (C=O) groups excluding carboxylic acids is 1. The number of para-hydroxylation sites is 1. The largest absolute Gasteiger partial charge is 0.337 e. The van der Waals surface area contributed by atoms with Gasteiger partial charge in [0.1, 0.15) is 0 Å². The number of hydrogen-bond acceptors (Lipinski definition) is 3. The van der Waals surface area contributed by atoms with Gasteiger partial charge in [0.2, 0.25) is 5.91 Å². The Hall–Kier alpha value is -3.31. The summed E-state index contributed by atoms with van der Waals surface area (Å²) in [5, 5.41) is 3.56. The van der Waals surface area contributed by atoms with E-state index in [2.05, 4.69) is 22.4 Å². The van der Waals surface area contributed by atoms with Crippen LogP contribution in [-0.4, -0.2) is 21.1 Å². The number of aromatic amines is 1. The van der Waals surface area contributed by atoms with Crippen molar-refractivity contribution in [2.24, 2.45) is 0 Å². The topological polar surface area (TPSA) is 57.8 Å². The number of nitrogens with one attached hydrogen (secondary N) is 2. The number of aromatic nitrogens is 2. The highest BCUT2D eigenvalue weighted by molar-refractivity contribution is 8.00. The SMILES string of the molecule is Cc1[nH]c(S[C@@H](C)C(=O)Nc2ccccc2-c2ccccc2)nc1Cc1ccccc1. The third-order valence-corrected chi connectivity index (χ3v) is 6.09. The van der Waals surface area contributed by atoms with E-state index in [9.17, 15) is 4.79 Å². The van der Waals surface area contributed by atoms with Gasteiger partial charge in [0, 0.05) is 23.4 Å². The molecule has 1 amide bonds. The van der Waals surface area contributed by atoms with E-state index >= 15 is 0 Å². The van der Waals surface area contributed by atoms with Crippen molar-refractivity contribution >= 4 is 23.4 Å². The number of aryl methyl sites for hydroxylation is 1. The molecule has 0 aliphatic rings. The van der Waals surface area contributed by atoms with Gasteiger partial charge in [-0.25, -0.2) is 4.98 Å². The fraction of sp³-hybridized carbons (Fsp3) is 0.154. The van der Waals surface area contributed by atoms with Crippen LogP contribution in [0.3, 0.4) is 0 Å². The van der Waals surface area contributed by atoms with Crippen LogP contribution in [0.2, 0.25) is 0 Å². The van der Waals surface area contributed by atoms with Crippen molar-refractivity contribution < 1.29 is 4.79 Å². The molecule has 1 aromatic heterocycles. The zero-order valence-electron chi connectivity index (χ0n) is 17.6. The number of nitrogens with zero attached hydrogens (tertiary/aromatic N) is 1. The molecule has 2 N–H and O–H groups in total. The predicted molar refractivity (Wildman–Crippen MR) is 128 cm³/mol. The van der Waals surface area contributed by atoms with Crippen molar-refractivity contribution in [1.82, 2.24) is 9.97 Å². The highest BCUT2D eigenvalue weighted by atomic mass is 32.2. The molecule has 0 radical (unpaired) electrons. The van der Waals surface area contributed by atoms with Gasteiger partial charge in [-0.1, -0.05) is 90.6 Å². The highest BCUT2D eigenvalue weighted by Crippen LogP contribution is 2.29. The Labute approximate surface area is 187 Å². The van der Waals surface area contributed by atoms with Crippen molar-refractivity contribution in [2.45, 2.75) is 30.7 Å². The summed E-state index contributed by atoms with van der Waals surface area (Å²) in [6, 6.07) is 28.2. The number of rotatable bonds is 7. The van der Waals surface area contributed by atoms with Crippen LogP contribution in [0.1, 0.15) is 23.9 Å². The van der Waals surface area contributed by atoms with Crippen LogP contribution in [0, 0.1) is 6.92 Å². The van der Waals surface area contributed by atoms with Crippen LogP contribution in [0.15, 0.2) is 90.1 Å². The lowest BCUT2D eigenvalue weighted by Gasteiger charge is -2.14. The third kappa shape index (κ3) is 5.25. The predicted octanol–water partition coefficient (Wildman–Crippen LogP) is 6.10. The minimum atomic E-state index is -0.293. The normalized spacial score (nSPS) is 11.8. The minimum absolute atomic E-state index is 0.0490. The molecule has 1 heterocycles. The Morgan fingerprint density at radius 2 is 1.61 bits per heavy atom. The molecule has 0 bridgehead atoms. The average Bonchev–Trinajstić information content (AvgIpc) is 3.13. The molecule has 0 unspecified atom stereocenters. The van der Waals surface area contributed by atoms with E-state index in [1.54, 1.807) is 0 Å². The summed E-state index contributed by atoms with van der Waals surface area (Å²) in [5.74, 6) is -0.0490. The fourth-order valence-electron chi connectivity index (χ4n) is 3.40. The van der Waals surface area contributed by atoms with Crippen LogP contribution >= 0.6 is 11.8 Å². The van der Waals surface area contributed by atoms with Crippen molar-refractivity contribution in [3.8, 4) is 11.1 Å². The maximum absolute atomic E-state index is 12.9. The van der Waals surface area contributed by atoms with E-state index in [4.69, 9.17) is 4.98 Å². The fourth-order valence-corrected chi connectivity index (χ4v) is 4.28. The maximum Gasteiger partial charge on any atom is 0.237 e. The van der Waals surface area contributed by atoms with E-state index in [1.165, 1.54) is 17.3 Å². The van der Waals surface area contributed by atoms with Crippen LogP contribution in [-0.2, 0) is 11.2 Å². The van der Waals surface area contributed by atoms with E-state index < -0.39 is 0 Å². The number of amides is 1. The number of carbonyl (C=O) groups is 1. The lowest BCUT2D eigenvalue weighted by atomic mass is 10.0. The molecule has 3 aromatic carbocycles. The quantitative estimate of drug-likeness (QED) is 0.351. The summed E-state index contributed by atoms with van der Waals surface area (Å²) in [5.41, 5.74) is 6.16. The molecule has 0 fully saturated rings. The minimum Gasteiger partial charge on any atom is -0.337 e. The molecule has 156 valence electrons. The average molecular weight is 428 g/mol. The van der Waals surface area contributed by atoms with Gasteiger partial charge in [-0.05, 0) is 31.0 Å². The van der Waals surface area contributed by atoms with Crippen LogP contribution in [0.5, 0.6) is 0 Å². The number of thioether (sulfide) groups is 1. The Balaban J connectivity index is 1.44. The molecular weight excluding hydrogens is 402 g/mol. The molecule has 31 heavy (non-hydrogen) atoms. The molecule has 4 aromatic rings. The second kappa shape index (κ2) is 9.67. The molecule has 4 nitrogen and oxygen atoms in total. The van der Waals surface area contributed by atoms with Gasteiger partial charge in [0.25, 0.3) is 0 Å². The number of imidazole rings is 1. The summed E-state index contributed by atoms with van der Waals surface area (Å²) < 4.78 is 0. The van der Waals surface area contributed by atoms with Crippen molar-refractivity contribution in [3.05, 3.63) is 102 Å². The Morgan fingerprint density at radius 1 is 0.968 bits per heavy atom. The summed E-state index contributed by atoms with van der Waals surface area (Å²) in [6.45, 7) is 3.93. The Kier molecular flexibility index (Phi) is 6.53. The summed E-state index contributed by atoms with van der Waals surface area (Å²) in [4.78, 5) is 21.0. The summed E-state index contributed by atoms with van der Waals surface area (Å²) in [7, 11) is 0. The third-order valence-electron chi connectivity index (χ3n) is 5.11. The Bertz CT molecular complexity index is 1160. The van der Waals surface area contributed by atoms with Crippen LogP contribution < -0.4 is 5.32 Å². The van der Waals surface area contributed by atoms with E-state index in [0.717, 1.165) is 39.8 Å². The molecule has 0 saturated heterocycles. The number of H-pyrrole nitrogens is 1. The summed E-state index contributed by atoms with van der Waals surface area (Å²) in [6.07, 6.45) is 0.773. The van der Waals surface area contributed by atoms with Crippen LogP contribution in [0.4, 0.5) is 5.69 Å². The van der Waals surface area contributed by atoms with Crippen molar-refractivity contribution in [2.75, 3.05) is 5.32 Å². The first kappa shape index (κ1) is 20.9. The smallest absolute Gasteiger partial charge is 0.237 e. The first-order valence-corrected chi connectivity index (χ1v) is 11.2. The van der Waals surface area contributed by atoms with Gasteiger partial charge < -0.3 is 10.3 Å². The highest BCUT2D eigenvalue weighted by Gasteiger charge is 2.19. The molecule has 0 spiro atoms. The number of hydrogen-bond donors (Lipinski definition) is 2. The van der Waals surface area contributed by atoms with E-state index in [1.807, 2.05) is 86.6 Å². The van der Waals surface area contributed by atoms with Gasteiger partial charge in [-0.3, -0.25) is 4.79 Å². The van der Waals surface area contributed by atoms with Gasteiger partial charge in [-0.15, -0.1) is 0 Å². The summed E-state index contributed by atoms with van der Waals surface area (Å²) >= 11 is 1.44. The molecule has 1 atom stereocenters. The number of benzene rings is 3. The van der Waals surface area contributed by atoms with Crippen molar-refractivity contribution in [3.63, 3.8) is 0 Å². The Morgan fingerprint density at radius 3 is 2.35 bits per heavy atom.